The van der Waals surface area contributed by atoms with Gasteiger partial charge in [-0.15, -0.1) is 0 Å². The minimum absolute atomic E-state index is 0.129. The highest BCUT2D eigenvalue weighted by Crippen LogP contribution is 2.23. The first-order valence-electron chi connectivity index (χ1n) is 7.95. The zero-order chi connectivity index (χ0) is 16.8. The number of aromatic nitrogens is 2. The van der Waals surface area contributed by atoms with Crippen LogP contribution in [0, 0.1) is 6.92 Å². The molecule has 2 aromatic rings. The van der Waals surface area contributed by atoms with E-state index in [1.165, 1.54) is 0 Å². The summed E-state index contributed by atoms with van der Waals surface area (Å²) < 4.78 is 1.89. The monoisotopic (exact) mass is 314 g/mol. The van der Waals surface area contributed by atoms with Gasteiger partial charge >= 0.3 is 0 Å². The van der Waals surface area contributed by atoms with Gasteiger partial charge in [0.25, 0.3) is 0 Å². The van der Waals surface area contributed by atoms with Crippen molar-refractivity contribution in [3.63, 3.8) is 0 Å². The summed E-state index contributed by atoms with van der Waals surface area (Å²) in [6.45, 7) is 3.59. The minimum Gasteiger partial charge on any atom is -0.344 e. The Kier molecular flexibility index (Phi) is 5.93. The number of hydrogen-bond acceptors (Lipinski definition) is 3. The van der Waals surface area contributed by atoms with Crippen molar-refractivity contribution < 1.29 is 4.79 Å². The Labute approximate surface area is 138 Å². The molecule has 1 unspecified atom stereocenters. The average molecular weight is 314 g/mol. The van der Waals surface area contributed by atoms with Crippen molar-refractivity contribution in [3.05, 3.63) is 53.9 Å². The SMILES string of the molecule is Cc1ccccc1C(C(=O)N(C)CCCn1cccn1)N(C)C. The molecule has 0 N–H and O–H groups in total. The predicted molar refractivity (Wildman–Crippen MR) is 92.1 cm³/mol. The highest BCUT2D eigenvalue weighted by atomic mass is 16.2. The molecule has 0 saturated carbocycles. The van der Waals surface area contributed by atoms with Gasteiger partial charge in [0.05, 0.1) is 0 Å². The maximum Gasteiger partial charge on any atom is 0.244 e. The van der Waals surface area contributed by atoms with Gasteiger partial charge in [-0.3, -0.25) is 14.4 Å². The first-order valence-corrected chi connectivity index (χ1v) is 7.95. The second kappa shape index (κ2) is 7.92. The Morgan fingerprint density at radius 2 is 1.96 bits per heavy atom. The Bertz CT molecular complexity index is 622. The van der Waals surface area contributed by atoms with Crippen LogP contribution in [-0.4, -0.2) is 53.2 Å². The molecule has 1 aromatic heterocycles. The molecule has 0 spiro atoms. The molecule has 124 valence electrons. The molecule has 5 heteroatoms. The zero-order valence-corrected chi connectivity index (χ0v) is 14.4. The quantitative estimate of drug-likeness (QED) is 0.788. The molecular formula is C18H26N4O. The van der Waals surface area contributed by atoms with Gasteiger partial charge < -0.3 is 4.90 Å². The lowest BCUT2D eigenvalue weighted by molar-refractivity contribution is -0.135. The van der Waals surface area contributed by atoms with Crippen LogP contribution in [-0.2, 0) is 11.3 Å². The fraction of sp³-hybridized carbons (Fsp3) is 0.444. The van der Waals surface area contributed by atoms with E-state index >= 15 is 0 Å². The fourth-order valence-corrected chi connectivity index (χ4v) is 2.75. The average Bonchev–Trinajstić information content (AvgIpc) is 3.02. The molecule has 23 heavy (non-hydrogen) atoms. The number of nitrogens with zero attached hydrogens (tertiary/aromatic N) is 4. The van der Waals surface area contributed by atoms with Crippen molar-refractivity contribution >= 4 is 5.91 Å². The molecule has 0 saturated heterocycles. The number of amides is 1. The number of benzene rings is 1. The number of aryl methyl sites for hydroxylation is 2. The number of rotatable bonds is 7. The van der Waals surface area contributed by atoms with E-state index in [0.717, 1.165) is 30.6 Å². The molecule has 1 atom stereocenters. The summed E-state index contributed by atoms with van der Waals surface area (Å²) in [6, 6.07) is 9.75. The van der Waals surface area contributed by atoms with E-state index in [9.17, 15) is 4.79 Å². The van der Waals surface area contributed by atoms with Crippen LogP contribution < -0.4 is 0 Å². The molecule has 0 aliphatic carbocycles. The Hall–Kier alpha value is -2.14. The lowest BCUT2D eigenvalue weighted by Crippen LogP contribution is -2.39. The third-order valence-corrected chi connectivity index (χ3v) is 4.05. The van der Waals surface area contributed by atoms with E-state index in [1.54, 1.807) is 6.20 Å². The number of carbonyl (C=O) groups excluding carboxylic acids is 1. The normalized spacial score (nSPS) is 12.4. The zero-order valence-electron chi connectivity index (χ0n) is 14.4. The smallest absolute Gasteiger partial charge is 0.244 e. The van der Waals surface area contributed by atoms with Crippen LogP contribution in [0.2, 0.25) is 0 Å². The van der Waals surface area contributed by atoms with Crippen LogP contribution in [0.15, 0.2) is 42.7 Å². The van der Waals surface area contributed by atoms with Gasteiger partial charge in [-0.2, -0.15) is 5.10 Å². The number of hydrogen-bond donors (Lipinski definition) is 0. The van der Waals surface area contributed by atoms with E-state index in [2.05, 4.69) is 18.1 Å². The van der Waals surface area contributed by atoms with E-state index in [1.807, 2.05) is 66.1 Å². The van der Waals surface area contributed by atoms with Gasteiger partial charge in [-0.05, 0) is 44.6 Å². The van der Waals surface area contributed by atoms with Crippen LogP contribution in [0.1, 0.15) is 23.6 Å². The second-order valence-electron chi connectivity index (χ2n) is 6.11. The highest BCUT2D eigenvalue weighted by Gasteiger charge is 2.26. The van der Waals surface area contributed by atoms with Crippen molar-refractivity contribution in [3.8, 4) is 0 Å². The van der Waals surface area contributed by atoms with Crippen molar-refractivity contribution in [2.45, 2.75) is 25.9 Å². The number of carbonyl (C=O) groups is 1. The van der Waals surface area contributed by atoms with E-state index in [-0.39, 0.29) is 11.9 Å². The van der Waals surface area contributed by atoms with E-state index in [4.69, 9.17) is 0 Å². The molecule has 0 aliphatic rings. The van der Waals surface area contributed by atoms with Gasteiger partial charge in [0, 0.05) is 32.5 Å². The molecule has 1 aromatic carbocycles. The Balaban J connectivity index is 2.01. The van der Waals surface area contributed by atoms with Crippen LogP contribution in [0.5, 0.6) is 0 Å². The van der Waals surface area contributed by atoms with Gasteiger partial charge in [-0.25, -0.2) is 0 Å². The minimum atomic E-state index is -0.245. The van der Waals surface area contributed by atoms with Crippen molar-refractivity contribution in [1.29, 1.82) is 0 Å². The summed E-state index contributed by atoms with van der Waals surface area (Å²) in [5.41, 5.74) is 2.21. The number of likely N-dealkylation sites (N-methyl/N-ethyl adjacent to an activating group) is 2. The third-order valence-electron chi connectivity index (χ3n) is 4.05. The maximum absolute atomic E-state index is 12.9. The van der Waals surface area contributed by atoms with E-state index < -0.39 is 0 Å². The fourth-order valence-electron chi connectivity index (χ4n) is 2.75. The Morgan fingerprint density at radius 1 is 1.22 bits per heavy atom. The predicted octanol–water partition coefficient (Wildman–Crippen LogP) is 2.34. The molecule has 0 aliphatic heterocycles. The molecule has 5 nitrogen and oxygen atoms in total. The van der Waals surface area contributed by atoms with Crippen LogP contribution in [0.4, 0.5) is 0 Å². The molecule has 1 amide bonds. The lowest BCUT2D eigenvalue weighted by Gasteiger charge is -2.29. The van der Waals surface area contributed by atoms with Crippen molar-refractivity contribution in [1.82, 2.24) is 19.6 Å². The van der Waals surface area contributed by atoms with E-state index in [0.29, 0.717) is 0 Å². The molecule has 0 fully saturated rings. The molecule has 0 radical (unpaired) electrons. The standard InChI is InChI=1S/C18H26N4O/c1-15-9-5-6-10-16(15)17(20(2)3)18(23)21(4)12-8-14-22-13-7-11-19-22/h5-7,9-11,13,17H,8,12,14H2,1-4H3. The molecule has 2 rings (SSSR count). The lowest BCUT2D eigenvalue weighted by atomic mass is 9.99. The van der Waals surface area contributed by atoms with Crippen molar-refractivity contribution in [2.24, 2.45) is 0 Å². The first-order chi connectivity index (χ1) is 11.0. The van der Waals surface area contributed by atoms with Gasteiger partial charge in [-0.1, -0.05) is 24.3 Å². The molecule has 1 heterocycles. The Morgan fingerprint density at radius 3 is 2.57 bits per heavy atom. The summed E-state index contributed by atoms with van der Waals surface area (Å²) >= 11 is 0. The van der Waals surface area contributed by atoms with Gasteiger partial charge in [0.1, 0.15) is 6.04 Å². The first kappa shape index (κ1) is 17.2. The van der Waals surface area contributed by atoms with Crippen LogP contribution in [0.3, 0.4) is 0 Å². The van der Waals surface area contributed by atoms with Crippen molar-refractivity contribution in [2.75, 3.05) is 27.7 Å². The molecular weight excluding hydrogens is 288 g/mol. The van der Waals surface area contributed by atoms with Gasteiger partial charge in [0.2, 0.25) is 5.91 Å². The largest absolute Gasteiger partial charge is 0.344 e. The maximum atomic E-state index is 12.9. The second-order valence-corrected chi connectivity index (χ2v) is 6.11. The summed E-state index contributed by atoms with van der Waals surface area (Å²) in [5.74, 6) is 0.129. The summed E-state index contributed by atoms with van der Waals surface area (Å²) in [4.78, 5) is 16.7. The summed E-state index contributed by atoms with van der Waals surface area (Å²) in [7, 11) is 5.78. The van der Waals surface area contributed by atoms with Crippen LogP contribution in [0.25, 0.3) is 0 Å². The summed E-state index contributed by atoms with van der Waals surface area (Å²) in [5, 5.41) is 4.19. The van der Waals surface area contributed by atoms with Gasteiger partial charge in [0.15, 0.2) is 0 Å². The van der Waals surface area contributed by atoms with Crippen LogP contribution >= 0.6 is 0 Å². The third kappa shape index (κ3) is 4.42. The highest BCUT2D eigenvalue weighted by molar-refractivity contribution is 5.83. The topological polar surface area (TPSA) is 41.4 Å². The summed E-state index contributed by atoms with van der Waals surface area (Å²) in [6.07, 6.45) is 4.60. The molecule has 0 bridgehead atoms.